The number of hydrogen-bond acceptors (Lipinski definition) is 8. The first-order valence-electron chi connectivity index (χ1n) is 8.60. The highest BCUT2D eigenvalue weighted by atomic mass is 32.2. The monoisotopic (exact) mass is 425 g/mol. The Labute approximate surface area is 169 Å². The van der Waals surface area contributed by atoms with Crippen LogP contribution in [0.3, 0.4) is 0 Å². The molecule has 29 heavy (non-hydrogen) atoms. The van der Waals surface area contributed by atoms with E-state index in [2.05, 4.69) is 24.7 Å². The third-order valence-electron chi connectivity index (χ3n) is 4.44. The van der Waals surface area contributed by atoms with Crippen molar-refractivity contribution in [1.82, 2.24) is 15.0 Å². The Balaban J connectivity index is 1.87. The molecule has 0 fully saturated rings. The molecule has 154 valence electrons. The lowest BCUT2D eigenvalue weighted by Gasteiger charge is -2.36. The highest BCUT2D eigenvalue weighted by molar-refractivity contribution is 8.14. The van der Waals surface area contributed by atoms with Gasteiger partial charge in [0.2, 0.25) is 12.7 Å². The fourth-order valence-corrected chi connectivity index (χ4v) is 4.00. The summed E-state index contributed by atoms with van der Waals surface area (Å²) < 4.78 is 46.1. The van der Waals surface area contributed by atoms with Gasteiger partial charge in [-0.25, -0.2) is 28.1 Å². The summed E-state index contributed by atoms with van der Waals surface area (Å²) in [6.45, 7) is 1.99. The van der Waals surface area contributed by atoms with Gasteiger partial charge >= 0.3 is 0 Å². The second kappa shape index (κ2) is 8.36. The average Bonchev–Trinajstić information content (AvgIpc) is 2.68. The minimum Gasteiger partial charge on any atom is -0.445 e. The predicted octanol–water partition coefficient (Wildman–Crippen LogP) is 2.75. The SMILES string of the molecule is C[C@H]1SC(N)=N[C@](C)(c2nc(CC(=O)c3cnc(OCF)cn3)ccc2F)[C@H]1F. The first-order chi connectivity index (χ1) is 13.7. The third-order valence-corrected chi connectivity index (χ3v) is 5.38. The van der Waals surface area contributed by atoms with Crippen molar-refractivity contribution in [3.05, 3.63) is 47.4 Å². The molecule has 11 heteroatoms. The summed E-state index contributed by atoms with van der Waals surface area (Å²) in [4.78, 5) is 28.3. The molecule has 0 saturated heterocycles. The number of carbonyl (C=O) groups is 1. The lowest BCUT2D eigenvalue weighted by Crippen LogP contribution is -2.45. The van der Waals surface area contributed by atoms with E-state index in [1.165, 1.54) is 13.0 Å². The molecule has 2 N–H and O–H groups in total. The number of thioether (sulfide) groups is 1. The van der Waals surface area contributed by atoms with Crippen LogP contribution in [0.2, 0.25) is 0 Å². The van der Waals surface area contributed by atoms with E-state index in [4.69, 9.17) is 5.73 Å². The van der Waals surface area contributed by atoms with Gasteiger partial charge in [0.1, 0.15) is 28.9 Å². The summed E-state index contributed by atoms with van der Waals surface area (Å²) >= 11 is 1.07. The van der Waals surface area contributed by atoms with Crippen molar-refractivity contribution in [2.75, 3.05) is 6.86 Å². The lowest BCUT2D eigenvalue weighted by molar-refractivity contribution is 0.0986. The number of pyridine rings is 1. The van der Waals surface area contributed by atoms with Crippen molar-refractivity contribution in [3.8, 4) is 5.88 Å². The number of alkyl halides is 2. The van der Waals surface area contributed by atoms with Crippen LogP contribution in [0, 0.1) is 5.82 Å². The molecular formula is C18H18F3N5O2S. The van der Waals surface area contributed by atoms with Crippen molar-refractivity contribution in [1.29, 1.82) is 0 Å². The van der Waals surface area contributed by atoms with Crippen molar-refractivity contribution in [2.24, 2.45) is 10.7 Å². The second-order valence-electron chi connectivity index (χ2n) is 6.55. The molecule has 3 rings (SSSR count). The Hall–Kier alpha value is -2.69. The van der Waals surface area contributed by atoms with Crippen LogP contribution in [-0.2, 0) is 12.0 Å². The molecule has 0 saturated carbocycles. The number of aliphatic imine (C=N–C) groups is 1. The number of Topliss-reactive ketones (excluding diaryl/α,β-unsaturated/α-hetero) is 1. The number of halogens is 3. The first kappa shape index (κ1) is 21.0. The van der Waals surface area contributed by atoms with Crippen LogP contribution < -0.4 is 10.5 Å². The van der Waals surface area contributed by atoms with Gasteiger partial charge in [-0.2, -0.15) is 0 Å². The zero-order valence-corrected chi connectivity index (χ0v) is 16.4. The average molecular weight is 425 g/mol. The summed E-state index contributed by atoms with van der Waals surface area (Å²) in [6.07, 6.45) is 0.509. The summed E-state index contributed by atoms with van der Waals surface area (Å²) in [5.74, 6) is -1.26. The molecule has 0 spiro atoms. The van der Waals surface area contributed by atoms with Gasteiger partial charge in [0.15, 0.2) is 11.0 Å². The van der Waals surface area contributed by atoms with E-state index in [1.54, 1.807) is 6.92 Å². The maximum absolute atomic E-state index is 14.9. The summed E-state index contributed by atoms with van der Waals surface area (Å²) in [6, 6.07) is 2.44. The highest BCUT2D eigenvalue weighted by Crippen LogP contribution is 2.41. The van der Waals surface area contributed by atoms with Crippen LogP contribution in [0.4, 0.5) is 13.2 Å². The van der Waals surface area contributed by atoms with Crippen molar-refractivity contribution >= 4 is 22.7 Å². The van der Waals surface area contributed by atoms with Gasteiger partial charge in [0.25, 0.3) is 0 Å². The van der Waals surface area contributed by atoms with Crippen LogP contribution in [-0.4, -0.2) is 44.2 Å². The van der Waals surface area contributed by atoms with Crippen LogP contribution in [0.15, 0.2) is 29.5 Å². The van der Waals surface area contributed by atoms with Gasteiger partial charge in [-0.1, -0.05) is 11.8 Å². The van der Waals surface area contributed by atoms with Gasteiger partial charge in [-0.15, -0.1) is 0 Å². The van der Waals surface area contributed by atoms with Crippen molar-refractivity contribution < 1.29 is 22.7 Å². The van der Waals surface area contributed by atoms with E-state index in [-0.39, 0.29) is 34.6 Å². The number of hydrogen-bond donors (Lipinski definition) is 1. The van der Waals surface area contributed by atoms with Gasteiger partial charge in [-0.05, 0) is 26.0 Å². The molecule has 0 unspecified atom stereocenters. The third kappa shape index (κ3) is 4.34. The summed E-state index contributed by atoms with van der Waals surface area (Å²) in [7, 11) is 0. The molecule has 0 radical (unpaired) electrons. The number of nitrogens with zero attached hydrogens (tertiary/aromatic N) is 4. The number of aromatic nitrogens is 3. The molecular weight excluding hydrogens is 407 g/mol. The molecule has 2 aromatic heterocycles. The zero-order valence-electron chi connectivity index (χ0n) is 15.6. The number of carbonyl (C=O) groups excluding carboxylic acids is 1. The standard InChI is InChI=1S/C18H18F3N5O2S/c1-9-15(21)18(2,26-17(22)29-9)16-11(20)4-3-10(25-16)5-13(27)12-6-24-14(7-23-12)28-8-19/h3-4,6-7,9,15H,5,8H2,1-2H3,(H2,22,26)/t9-,15+,18+/m1/s1. The molecule has 3 heterocycles. The maximum atomic E-state index is 14.9. The number of ether oxygens (including phenoxy) is 1. The number of rotatable bonds is 6. The van der Waals surface area contributed by atoms with Gasteiger partial charge in [0.05, 0.1) is 18.8 Å². The Bertz CT molecular complexity index is 944. The normalized spacial score (nSPS) is 24.1. The number of ketones is 1. The second-order valence-corrected chi connectivity index (χ2v) is 7.95. The van der Waals surface area contributed by atoms with Crippen LogP contribution in [0.1, 0.15) is 35.7 Å². The minimum atomic E-state index is -1.61. The molecule has 0 aliphatic carbocycles. The van der Waals surface area contributed by atoms with Gasteiger partial charge in [0, 0.05) is 10.9 Å². The molecule has 1 aliphatic rings. The van der Waals surface area contributed by atoms with E-state index < -0.39 is 35.4 Å². The minimum absolute atomic E-state index is 0.00316. The Morgan fingerprint density at radius 2 is 2.10 bits per heavy atom. The summed E-state index contributed by atoms with van der Waals surface area (Å²) in [5.41, 5.74) is 4.16. The zero-order chi connectivity index (χ0) is 21.2. The predicted molar refractivity (Wildman–Crippen MR) is 102 cm³/mol. The van der Waals surface area contributed by atoms with E-state index in [9.17, 15) is 18.0 Å². The summed E-state index contributed by atoms with van der Waals surface area (Å²) in [5, 5.41) is -0.397. The largest absolute Gasteiger partial charge is 0.445 e. The Morgan fingerprint density at radius 3 is 2.76 bits per heavy atom. The van der Waals surface area contributed by atoms with Crippen LogP contribution in [0.25, 0.3) is 0 Å². The van der Waals surface area contributed by atoms with E-state index in [1.807, 2.05) is 0 Å². The fraction of sp³-hybridized carbons (Fsp3) is 0.389. The smallest absolute Gasteiger partial charge is 0.234 e. The molecule has 1 aliphatic heterocycles. The Morgan fingerprint density at radius 1 is 1.34 bits per heavy atom. The molecule has 2 aromatic rings. The van der Waals surface area contributed by atoms with Crippen molar-refractivity contribution in [3.63, 3.8) is 0 Å². The number of nitrogens with two attached hydrogens (primary N) is 1. The topological polar surface area (TPSA) is 103 Å². The van der Waals surface area contributed by atoms with E-state index in [0.717, 1.165) is 30.2 Å². The van der Waals surface area contributed by atoms with Gasteiger partial charge < -0.3 is 10.5 Å². The quantitative estimate of drug-likeness (QED) is 0.710. The maximum Gasteiger partial charge on any atom is 0.234 e. The molecule has 0 bridgehead atoms. The fourth-order valence-electron chi connectivity index (χ4n) is 2.99. The van der Waals surface area contributed by atoms with Crippen molar-refractivity contribution in [2.45, 2.75) is 37.2 Å². The number of amidine groups is 1. The van der Waals surface area contributed by atoms with Gasteiger partial charge in [-0.3, -0.25) is 9.78 Å². The lowest BCUT2D eigenvalue weighted by atomic mass is 9.89. The van der Waals surface area contributed by atoms with Crippen LogP contribution >= 0.6 is 11.8 Å². The highest BCUT2D eigenvalue weighted by Gasteiger charge is 2.46. The molecule has 0 amide bonds. The molecule has 0 aromatic carbocycles. The van der Waals surface area contributed by atoms with E-state index >= 15 is 0 Å². The van der Waals surface area contributed by atoms with E-state index in [0.29, 0.717) is 0 Å². The molecule has 7 nitrogen and oxygen atoms in total. The van der Waals surface area contributed by atoms with Crippen LogP contribution in [0.5, 0.6) is 5.88 Å². The molecule has 3 atom stereocenters. The first-order valence-corrected chi connectivity index (χ1v) is 9.48. The Kier molecular flexibility index (Phi) is 6.06.